The number of carboxylic acid groups (broad SMARTS) is 1. The molecule has 0 saturated heterocycles. The van der Waals surface area contributed by atoms with Crippen molar-refractivity contribution in [1.29, 1.82) is 0 Å². The van der Waals surface area contributed by atoms with Crippen molar-refractivity contribution in [2.75, 3.05) is 0 Å². The van der Waals surface area contributed by atoms with Crippen molar-refractivity contribution >= 4 is 17.1 Å². The second-order valence-electron chi connectivity index (χ2n) is 4.37. The third-order valence-corrected chi connectivity index (χ3v) is 2.93. The first kappa shape index (κ1) is 12.3. The Morgan fingerprint density at radius 3 is 2.80 bits per heavy atom. The van der Waals surface area contributed by atoms with Crippen molar-refractivity contribution in [3.63, 3.8) is 0 Å². The van der Waals surface area contributed by atoms with E-state index in [1.807, 2.05) is 0 Å². The van der Waals surface area contributed by atoms with Crippen LogP contribution in [-0.4, -0.2) is 16.1 Å². The topological polar surface area (TPSA) is 63.3 Å². The van der Waals surface area contributed by atoms with Gasteiger partial charge in [0, 0.05) is 6.42 Å². The van der Waals surface area contributed by atoms with Gasteiger partial charge in [-0.2, -0.15) is 0 Å². The van der Waals surface area contributed by atoms with E-state index in [4.69, 9.17) is 9.52 Å². The molecule has 3 rings (SSSR count). The van der Waals surface area contributed by atoms with Crippen LogP contribution in [0.1, 0.15) is 21.8 Å². The fraction of sp³-hybridized carbons (Fsp3) is 0.0667. The first-order valence-corrected chi connectivity index (χ1v) is 5.99. The van der Waals surface area contributed by atoms with Crippen LogP contribution in [0, 0.1) is 5.82 Å². The quantitative estimate of drug-likeness (QED) is 0.794. The van der Waals surface area contributed by atoms with Crippen molar-refractivity contribution in [3.05, 3.63) is 65.3 Å². The largest absolute Gasteiger partial charge is 0.478 e. The van der Waals surface area contributed by atoms with Gasteiger partial charge in [0.1, 0.15) is 16.9 Å². The van der Waals surface area contributed by atoms with Gasteiger partial charge in [0.15, 0.2) is 11.5 Å². The van der Waals surface area contributed by atoms with Crippen molar-refractivity contribution in [3.8, 4) is 0 Å². The fourth-order valence-corrected chi connectivity index (χ4v) is 2.06. The lowest BCUT2D eigenvalue weighted by atomic mass is 10.1. The van der Waals surface area contributed by atoms with Gasteiger partial charge in [-0.05, 0) is 29.8 Å². The monoisotopic (exact) mass is 271 g/mol. The normalized spacial score (nSPS) is 10.8. The van der Waals surface area contributed by atoms with E-state index >= 15 is 0 Å². The number of oxazole rings is 1. The summed E-state index contributed by atoms with van der Waals surface area (Å²) in [5.74, 6) is -1.03. The molecule has 0 saturated carbocycles. The molecule has 0 spiro atoms. The molecule has 0 aliphatic heterocycles. The van der Waals surface area contributed by atoms with Gasteiger partial charge in [0.25, 0.3) is 0 Å². The lowest BCUT2D eigenvalue weighted by molar-refractivity contribution is 0.0698. The zero-order valence-corrected chi connectivity index (χ0v) is 10.3. The molecule has 1 N–H and O–H groups in total. The Labute approximate surface area is 113 Å². The minimum Gasteiger partial charge on any atom is -0.478 e. The summed E-state index contributed by atoms with van der Waals surface area (Å²) in [6, 6.07) is 10.9. The molecule has 5 heteroatoms. The minimum absolute atomic E-state index is 0.0699. The van der Waals surface area contributed by atoms with Crippen LogP contribution in [0.5, 0.6) is 0 Å². The highest BCUT2D eigenvalue weighted by atomic mass is 19.1. The number of fused-ring (bicyclic) bond motifs is 1. The zero-order valence-electron chi connectivity index (χ0n) is 10.3. The van der Waals surface area contributed by atoms with Crippen molar-refractivity contribution in [2.45, 2.75) is 6.42 Å². The molecule has 100 valence electrons. The lowest BCUT2D eigenvalue weighted by Crippen LogP contribution is -1.95. The summed E-state index contributed by atoms with van der Waals surface area (Å²) in [5.41, 5.74) is 1.51. The Bertz CT molecular complexity index is 795. The molecule has 0 unspecified atom stereocenters. The van der Waals surface area contributed by atoms with E-state index in [1.165, 1.54) is 18.2 Å². The van der Waals surface area contributed by atoms with Gasteiger partial charge in [-0.25, -0.2) is 14.2 Å². The SMILES string of the molecule is O=C(O)c1cccc2nc(Cc3cccc(F)c3)oc12. The van der Waals surface area contributed by atoms with Gasteiger partial charge in [-0.3, -0.25) is 0 Å². The van der Waals surface area contributed by atoms with Crippen LogP contribution in [-0.2, 0) is 6.42 Å². The third kappa shape index (κ3) is 2.25. The van der Waals surface area contributed by atoms with Gasteiger partial charge >= 0.3 is 5.97 Å². The van der Waals surface area contributed by atoms with Gasteiger partial charge in [0.2, 0.25) is 0 Å². The number of hydrogen-bond acceptors (Lipinski definition) is 3. The predicted molar refractivity (Wildman–Crippen MR) is 70.2 cm³/mol. The van der Waals surface area contributed by atoms with Crippen LogP contribution in [0.15, 0.2) is 46.9 Å². The van der Waals surface area contributed by atoms with E-state index in [0.717, 1.165) is 0 Å². The second kappa shape index (κ2) is 4.77. The summed E-state index contributed by atoms with van der Waals surface area (Å²) in [6.45, 7) is 0. The Kier molecular flexibility index (Phi) is 2.95. The molecule has 0 aliphatic carbocycles. The van der Waals surface area contributed by atoms with Crippen LogP contribution in [0.3, 0.4) is 0 Å². The van der Waals surface area contributed by atoms with Crippen LogP contribution >= 0.6 is 0 Å². The van der Waals surface area contributed by atoms with Crippen LogP contribution in [0.2, 0.25) is 0 Å². The number of aromatic nitrogens is 1. The number of hydrogen-bond donors (Lipinski definition) is 1. The maximum absolute atomic E-state index is 13.1. The second-order valence-corrected chi connectivity index (χ2v) is 4.37. The number of halogens is 1. The van der Waals surface area contributed by atoms with Crippen LogP contribution < -0.4 is 0 Å². The summed E-state index contributed by atoms with van der Waals surface area (Å²) < 4.78 is 18.6. The molecule has 4 nitrogen and oxygen atoms in total. The van der Waals surface area contributed by atoms with E-state index < -0.39 is 5.97 Å². The Morgan fingerprint density at radius 1 is 1.25 bits per heavy atom. The maximum atomic E-state index is 13.1. The Hall–Kier alpha value is -2.69. The molecule has 2 aromatic carbocycles. The highest BCUT2D eigenvalue weighted by Crippen LogP contribution is 2.21. The standard InChI is InChI=1S/C15H10FNO3/c16-10-4-1-3-9(7-10)8-13-17-12-6-2-5-11(15(18)19)14(12)20-13/h1-7H,8H2,(H,18,19). The molecule has 0 bridgehead atoms. The average molecular weight is 271 g/mol. The van der Waals surface area contributed by atoms with E-state index in [9.17, 15) is 9.18 Å². The highest BCUT2D eigenvalue weighted by Gasteiger charge is 2.14. The number of para-hydroxylation sites is 1. The average Bonchev–Trinajstić information content (AvgIpc) is 2.80. The van der Waals surface area contributed by atoms with E-state index in [1.54, 1.807) is 24.3 Å². The molecule has 20 heavy (non-hydrogen) atoms. The van der Waals surface area contributed by atoms with Gasteiger partial charge in [0.05, 0.1) is 0 Å². The molecule has 0 amide bonds. The molecule has 3 aromatic rings. The number of carboxylic acids is 1. The maximum Gasteiger partial charge on any atom is 0.339 e. The summed E-state index contributed by atoms with van der Waals surface area (Å²) in [6.07, 6.45) is 0.311. The Morgan fingerprint density at radius 2 is 2.05 bits per heavy atom. The van der Waals surface area contributed by atoms with E-state index in [2.05, 4.69) is 4.98 Å². The minimum atomic E-state index is -1.07. The van der Waals surface area contributed by atoms with Crippen LogP contribution in [0.25, 0.3) is 11.1 Å². The summed E-state index contributed by atoms with van der Waals surface area (Å²) in [5, 5.41) is 9.08. The van der Waals surface area contributed by atoms with Gasteiger partial charge < -0.3 is 9.52 Å². The first-order valence-electron chi connectivity index (χ1n) is 5.99. The lowest BCUT2D eigenvalue weighted by Gasteiger charge is -1.97. The summed E-state index contributed by atoms with van der Waals surface area (Å²) in [7, 11) is 0. The van der Waals surface area contributed by atoms with Gasteiger partial charge in [-0.15, -0.1) is 0 Å². The fourth-order valence-electron chi connectivity index (χ4n) is 2.06. The molecule has 0 radical (unpaired) electrons. The summed E-state index contributed by atoms with van der Waals surface area (Å²) >= 11 is 0. The molecule has 1 aromatic heterocycles. The number of nitrogens with zero attached hydrogens (tertiary/aromatic N) is 1. The molecule has 1 heterocycles. The summed E-state index contributed by atoms with van der Waals surface area (Å²) in [4.78, 5) is 15.3. The highest BCUT2D eigenvalue weighted by molar-refractivity contribution is 5.99. The number of benzene rings is 2. The molecule has 0 aliphatic rings. The van der Waals surface area contributed by atoms with Crippen molar-refractivity contribution in [2.24, 2.45) is 0 Å². The van der Waals surface area contributed by atoms with E-state index in [-0.39, 0.29) is 17.0 Å². The van der Waals surface area contributed by atoms with E-state index in [0.29, 0.717) is 23.4 Å². The third-order valence-electron chi connectivity index (χ3n) is 2.93. The number of rotatable bonds is 3. The zero-order chi connectivity index (χ0) is 14.1. The molecular formula is C15H10FNO3. The van der Waals surface area contributed by atoms with Crippen molar-refractivity contribution < 1.29 is 18.7 Å². The smallest absolute Gasteiger partial charge is 0.339 e. The number of carbonyl (C=O) groups is 1. The molecular weight excluding hydrogens is 261 g/mol. The molecule has 0 fully saturated rings. The van der Waals surface area contributed by atoms with Gasteiger partial charge in [-0.1, -0.05) is 18.2 Å². The Balaban J connectivity index is 2.01. The van der Waals surface area contributed by atoms with Crippen LogP contribution in [0.4, 0.5) is 4.39 Å². The first-order chi connectivity index (χ1) is 9.63. The predicted octanol–water partition coefficient (Wildman–Crippen LogP) is 3.26. The van der Waals surface area contributed by atoms with Crippen molar-refractivity contribution in [1.82, 2.24) is 4.98 Å². The molecule has 0 atom stereocenters. The number of aromatic carboxylic acids is 1.